The van der Waals surface area contributed by atoms with Gasteiger partial charge in [0, 0.05) is 70.5 Å². The van der Waals surface area contributed by atoms with Crippen molar-refractivity contribution >= 4 is 0 Å². The molecule has 0 saturated carbocycles. The number of rotatable bonds is 5. The Morgan fingerprint density at radius 1 is 0.900 bits per heavy atom. The van der Waals surface area contributed by atoms with Gasteiger partial charge in [0.2, 0.25) is 0 Å². The number of benzene rings is 3. The summed E-state index contributed by atoms with van der Waals surface area (Å²) in [6.45, 7) is 10.1. The average molecular weight is 472 g/mol. The van der Waals surface area contributed by atoms with E-state index in [4.69, 9.17) is 0 Å². The first-order chi connectivity index (χ1) is 14.1. The van der Waals surface area contributed by atoms with Gasteiger partial charge in [0.1, 0.15) is 0 Å². The standard InChI is InChI=1S/C27H31N2.Y/c1-21-11-10-16-26(17-21)27(25-14-8-5-9-15-25)29-19-22(2)28(18-23(29)3)20-24-12-6-4-7-13-24;/h4-8,10-17,22-23,27H,18-20H2,1-3H3;/q-1;/t22-,23+,27-;/m1./s1. The fraction of sp³-hybridized carbons (Fsp3) is 0.333. The Kier molecular flexibility index (Phi) is 8.42. The molecule has 0 aromatic heterocycles. The van der Waals surface area contributed by atoms with Crippen molar-refractivity contribution in [1.82, 2.24) is 9.80 Å². The maximum absolute atomic E-state index is 3.30. The van der Waals surface area contributed by atoms with Gasteiger partial charge >= 0.3 is 0 Å². The van der Waals surface area contributed by atoms with Crippen LogP contribution in [0.25, 0.3) is 0 Å². The molecule has 1 aliphatic heterocycles. The summed E-state index contributed by atoms with van der Waals surface area (Å²) in [6, 6.07) is 32.9. The van der Waals surface area contributed by atoms with Crippen molar-refractivity contribution in [2.45, 2.75) is 45.4 Å². The Morgan fingerprint density at radius 3 is 2.37 bits per heavy atom. The van der Waals surface area contributed by atoms with Crippen LogP contribution >= 0.6 is 0 Å². The Hall–Kier alpha value is -1.32. The van der Waals surface area contributed by atoms with Gasteiger partial charge in [-0.3, -0.25) is 9.80 Å². The molecule has 0 bridgehead atoms. The van der Waals surface area contributed by atoms with Crippen LogP contribution in [0.5, 0.6) is 0 Å². The smallest absolute Gasteiger partial charge is 0.0237 e. The SMILES string of the molecule is Cc1cccc([C@@H](c2c[c-]ccc2)N2C[C@@H](C)N(Cc3ccccc3)C[C@@H]2C)c1.[Y]. The van der Waals surface area contributed by atoms with E-state index in [1.807, 2.05) is 6.07 Å². The zero-order chi connectivity index (χ0) is 20.2. The molecule has 3 heteroatoms. The third-order valence-corrected chi connectivity index (χ3v) is 6.13. The molecule has 1 fully saturated rings. The van der Waals surface area contributed by atoms with Gasteiger partial charge in [0.25, 0.3) is 0 Å². The molecule has 1 aliphatic rings. The minimum atomic E-state index is 0. The molecule has 1 heterocycles. The van der Waals surface area contributed by atoms with E-state index in [2.05, 4.69) is 109 Å². The quantitative estimate of drug-likeness (QED) is 0.454. The third kappa shape index (κ3) is 5.48. The van der Waals surface area contributed by atoms with E-state index in [0.29, 0.717) is 12.1 Å². The molecule has 1 radical (unpaired) electrons. The van der Waals surface area contributed by atoms with Gasteiger partial charge in [-0.15, -0.1) is 5.56 Å². The van der Waals surface area contributed by atoms with Gasteiger partial charge in [-0.1, -0.05) is 60.2 Å². The van der Waals surface area contributed by atoms with E-state index in [0.717, 1.165) is 19.6 Å². The third-order valence-electron chi connectivity index (χ3n) is 6.13. The van der Waals surface area contributed by atoms with Crippen LogP contribution in [-0.4, -0.2) is 35.0 Å². The van der Waals surface area contributed by atoms with Crippen LogP contribution < -0.4 is 0 Å². The Balaban J connectivity index is 0.00000256. The second kappa shape index (κ2) is 10.8. The van der Waals surface area contributed by atoms with Crippen molar-refractivity contribution < 1.29 is 32.7 Å². The number of hydrogen-bond acceptors (Lipinski definition) is 2. The summed E-state index contributed by atoms with van der Waals surface area (Å²) in [5.41, 5.74) is 5.41. The zero-order valence-corrected chi connectivity index (χ0v) is 21.2. The van der Waals surface area contributed by atoms with E-state index < -0.39 is 0 Å². The number of hydrogen-bond donors (Lipinski definition) is 0. The predicted octanol–water partition coefficient (Wildman–Crippen LogP) is 5.48. The zero-order valence-electron chi connectivity index (χ0n) is 18.3. The van der Waals surface area contributed by atoms with Crippen LogP contribution in [0.2, 0.25) is 0 Å². The van der Waals surface area contributed by atoms with Crippen LogP contribution in [-0.2, 0) is 39.3 Å². The van der Waals surface area contributed by atoms with Gasteiger partial charge in [0.05, 0.1) is 0 Å². The second-order valence-electron chi connectivity index (χ2n) is 8.46. The molecule has 1 saturated heterocycles. The maximum atomic E-state index is 3.30. The van der Waals surface area contributed by atoms with Crippen molar-refractivity contribution in [2.24, 2.45) is 0 Å². The van der Waals surface area contributed by atoms with E-state index >= 15 is 0 Å². The normalized spacial score (nSPS) is 21.0. The fourth-order valence-corrected chi connectivity index (χ4v) is 4.62. The van der Waals surface area contributed by atoms with Gasteiger partial charge < -0.3 is 0 Å². The van der Waals surface area contributed by atoms with Gasteiger partial charge in [0.15, 0.2) is 0 Å². The largest absolute Gasteiger partial charge is 0.298 e. The van der Waals surface area contributed by atoms with Crippen LogP contribution in [0.1, 0.15) is 42.1 Å². The molecular formula is C27H31N2Y-. The molecule has 0 N–H and O–H groups in total. The summed E-state index contributed by atoms with van der Waals surface area (Å²) in [6.07, 6.45) is 0. The van der Waals surface area contributed by atoms with E-state index in [9.17, 15) is 0 Å². The molecule has 2 nitrogen and oxygen atoms in total. The second-order valence-corrected chi connectivity index (χ2v) is 8.46. The van der Waals surface area contributed by atoms with Crippen LogP contribution in [0.4, 0.5) is 0 Å². The summed E-state index contributed by atoms with van der Waals surface area (Å²) >= 11 is 0. The average Bonchev–Trinajstić information content (AvgIpc) is 2.73. The van der Waals surface area contributed by atoms with E-state index in [-0.39, 0.29) is 38.8 Å². The van der Waals surface area contributed by atoms with E-state index in [1.165, 1.54) is 22.3 Å². The van der Waals surface area contributed by atoms with Gasteiger partial charge in [-0.2, -0.15) is 30.3 Å². The van der Waals surface area contributed by atoms with Gasteiger partial charge in [-0.25, -0.2) is 0 Å². The monoisotopic (exact) mass is 472 g/mol. The molecule has 3 atom stereocenters. The molecule has 0 unspecified atom stereocenters. The summed E-state index contributed by atoms with van der Waals surface area (Å²) in [5.74, 6) is 0. The van der Waals surface area contributed by atoms with Crippen LogP contribution in [0.3, 0.4) is 0 Å². The van der Waals surface area contributed by atoms with Gasteiger partial charge in [-0.05, 0) is 31.9 Å². The molecule has 153 valence electrons. The first kappa shape index (κ1) is 23.3. The first-order valence-corrected chi connectivity index (χ1v) is 10.7. The van der Waals surface area contributed by atoms with Crippen molar-refractivity contribution in [2.75, 3.05) is 13.1 Å². The van der Waals surface area contributed by atoms with Crippen LogP contribution in [0, 0.1) is 13.0 Å². The molecule has 0 amide bonds. The summed E-state index contributed by atoms with van der Waals surface area (Å²) < 4.78 is 0. The molecule has 3 aromatic carbocycles. The van der Waals surface area contributed by atoms with Crippen molar-refractivity contribution in [3.63, 3.8) is 0 Å². The molecule has 0 aliphatic carbocycles. The number of aryl methyl sites for hydroxylation is 1. The molecule has 4 rings (SSSR count). The number of nitrogens with zero attached hydrogens (tertiary/aromatic N) is 2. The Morgan fingerprint density at radius 2 is 1.67 bits per heavy atom. The fourth-order valence-electron chi connectivity index (χ4n) is 4.62. The summed E-state index contributed by atoms with van der Waals surface area (Å²) in [7, 11) is 0. The molecule has 3 aromatic rings. The molecule has 0 spiro atoms. The minimum Gasteiger partial charge on any atom is -0.298 e. The number of piperazine rings is 1. The molecule has 30 heavy (non-hydrogen) atoms. The van der Waals surface area contributed by atoms with Crippen molar-refractivity contribution in [1.29, 1.82) is 0 Å². The van der Waals surface area contributed by atoms with Crippen molar-refractivity contribution in [3.05, 3.63) is 107 Å². The maximum Gasteiger partial charge on any atom is 0.0237 e. The predicted molar refractivity (Wildman–Crippen MR) is 121 cm³/mol. The first-order valence-electron chi connectivity index (χ1n) is 10.7. The minimum absolute atomic E-state index is 0. The molecular weight excluding hydrogens is 441 g/mol. The Labute approximate surface area is 207 Å². The summed E-state index contributed by atoms with van der Waals surface area (Å²) in [5, 5.41) is 0. The summed E-state index contributed by atoms with van der Waals surface area (Å²) in [4.78, 5) is 5.31. The Bertz CT molecular complexity index is 912. The van der Waals surface area contributed by atoms with Crippen molar-refractivity contribution in [3.8, 4) is 0 Å². The van der Waals surface area contributed by atoms with E-state index in [1.54, 1.807) is 0 Å². The van der Waals surface area contributed by atoms with Crippen LogP contribution in [0.15, 0.2) is 78.9 Å². The topological polar surface area (TPSA) is 6.48 Å².